The van der Waals surface area contributed by atoms with Crippen LogP contribution in [0.15, 0.2) is 0 Å². The summed E-state index contributed by atoms with van der Waals surface area (Å²) in [5.74, 6) is 2.17. The molecule has 8 heavy (non-hydrogen) atoms. The molecule has 2 rings (SSSR count). The van der Waals surface area contributed by atoms with Crippen LogP contribution in [0.3, 0.4) is 0 Å². The first-order valence-corrected chi connectivity index (χ1v) is 3.61. The second kappa shape index (κ2) is 1.47. The van der Waals surface area contributed by atoms with Gasteiger partial charge in [-0.25, -0.2) is 0 Å². The molecule has 0 aromatic heterocycles. The van der Waals surface area contributed by atoms with E-state index in [-0.39, 0.29) is 0 Å². The van der Waals surface area contributed by atoms with Crippen LogP contribution in [0.25, 0.3) is 0 Å². The van der Waals surface area contributed by atoms with Gasteiger partial charge in [-0.3, -0.25) is 0 Å². The molecule has 0 saturated heterocycles. The Morgan fingerprint density at radius 2 is 1.88 bits per heavy atom. The average molecular weight is 111 g/mol. The molecule has 2 unspecified atom stereocenters. The normalized spacial score (nSPS) is 51.4. The maximum absolute atomic E-state index is 3.34. The molecule has 1 heteroatoms. The van der Waals surface area contributed by atoms with Crippen molar-refractivity contribution in [2.45, 2.75) is 25.3 Å². The fourth-order valence-corrected chi connectivity index (χ4v) is 2.25. The third-order valence-corrected chi connectivity index (χ3v) is 2.74. The maximum Gasteiger partial charge on any atom is 0.0127 e. The predicted octanol–water partition coefficient (Wildman–Crippen LogP) is 1.00. The monoisotopic (exact) mass is 111 g/mol. The summed E-state index contributed by atoms with van der Waals surface area (Å²) in [6, 6.07) is 0.920. The van der Waals surface area contributed by atoms with Gasteiger partial charge in [-0.05, 0) is 31.7 Å². The van der Waals surface area contributed by atoms with Crippen LogP contribution >= 0.6 is 0 Å². The van der Waals surface area contributed by atoms with Gasteiger partial charge in [0.15, 0.2) is 0 Å². The van der Waals surface area contributed by atoms with Gasteiger partial charge in [0, 0.05) is 6.04 Å². The highest BCUT2D eigenvalue weighted by atomic mass is 15.0. The van der Waals surface area contributed by atoms with Gasteiger partial charge in [0.25, 0.3) is 0 Å². The van der Waals surface area contributed by atoms with Gasteiger partial charge in [0.2, 0.25) is 0 Å². The molecule has 2 aliphatic rings. The van der Waals surface area contributed by atoms with Crippen molar-refractivity contribution in [1.29, 1.82) is 0 Å². The van der Waals surface area contributed by atoms with E-state index >= 15 is 0 Å². The molecule has 0 radical (unpaired) electrons. The summed E-state index contributed by atoms with van der Waals surface area (Å²) in [6.07, 6.45) is 4.49. The Kier molecular flexibility index (Phi) is 0.884. The molecule has 2 aliphatic carbocycles. The summed E-state index contributed by atoms with van der Waals surface area (Å²) in [6.45, 7) is 0. The van der Waals surface area contributed by atoms with Crippen LogP contribution in [-0.2, 0) is 0 Å². The van der Waals surface area contributed by atoms with Crippen molar-refractivity contribution in [3.8, 4) is 0 Å². The van der Waals surface area contributed by atoms with Gasteiger partial charge in [0.05, 0.1) is 0 Å². The van der Waals surface area contributed by atoms with Crippen LogP contribution in [0.4, 0.5) is 0 Å². The van der Waals surface area contributed by atoms with Crippen LogP contribution in [0, 0.1) is 11.8 Å². The molecule has 46 valence electrons. The minimum absolute atomic E-state index is 0.920. The SMILES string of the molecule is CNC1C2CCCC21. The molecule has 0 amide bonds. The van der Waals surface area contributed by atoms with Crippen molar-refractivity contribution < 1.29 is 0 Å². The van der Waals surface area contributed by atoms with E-state index in [9.17, 15) is 0 Å². The smallest absolute Gasteiger partial charge is 0.0127 e. The minimum Gasteiger partial charge on any atom is -0.316 e. The van der Waals surface area contributed by atoms with Gasteiger partial charge in [-0.15, -0.1) is 0 Å². The van der Waals surface area contributed by atoms with Crippen molar-refractivity contribution in [2.24, 2.45) is 11.8 Å². The highest BCUT2D eigenvalue weighted by Gasteiger charge is 2.51. The van der Waals surface area contributed by atoms with Gasteiger partial charge in [-0.2, -0.15) is 0 Å². The Morgan fingerprint density at radius 3 is 2.25 bits per heavy atom. The third kappa shape index (κ3) is 0.455. The zero-order valence-corrected chi connectivity index (χ0v) is 5.35. The van der Waals surface area contributed by atoms with Crippen molar-refractivity contribution in [1.82, 2.24) is 5.32 Å². The lowest BCUT2D eigenvalue weighted by Crippen LogP contribution is -2.13. The molecule has 0 aromatic rings. The summed E-state index contributed by atoms with van der Waals surface area (Å²) < 4.78 is 0. The van der Waals surface area contributed by atoms with Crippen molar-refractivity contribution in [2.75, 3.05) is 7.05 Å². The number of hydrogen-bond donors (Lipinski definition) is 1. The average Bonchev–Trinajstić information content (AvgIpc) is 2.22. The van der Waals surface area contributed by atoms with Crippen molar-refractivity contribution in [3.63, 3.8) is 0 Å². The number of fused-ring (bicyclic) bond motifs is 1. The molecule has 0 bridgehead atoms. The quantitative estimate of drug-likeness (QED) is 0.532. The largest absolute Gasteiger partial charge is 0.316 e. The summed E-state index contributed by atoms with van der Waals surface area (Å²) in [5.41, 5.74) is 0. The van der Waals surface area contributed by atoms with Crippen LogP contribution in [0.1, 0.15) is 19.3 Å². The van der Waals surface area contributed by atoms with Crippen LogP contribution in [0.2, 0.25) is 0 Å². The molecular formula is C7H13N. The molecule has 1 nitrogen and oxygen atoms in total. The second-order valence-electron chi connectivity index (χ2n) is 3.07. The molecule has 2 fully saturated rings. The standard InChI is InChI=1S/C7H13N/c1-8-7-5-3-2-4-6(5)7/h5-8H,2-4H2,1H3. The second-order valence-corrected chi connectivity index (χ2v) is 3.07. The Bertz CT molecular complexity index is 83.8. The lowest BCUT2D eigenvalue weighted by Gasteiger charge is -1.97. The van der Waals surface area contributed by atoms with Gasteiger partial charge in [0.1, 0.15) is 0 Å². The number of nitrogens with one attached hydrogen (secondary N) is 1. The molecule has 0 spiro atoms. The van der Waals surface area contributed by atoms with Gasteiger partial charge < -0.3 is 5.32 Å². The lowest BCUT2D eigenvalue weighted by atomic mass is 10.2. The van der Waals surface area contributed by atoms with Crippen LogP contribution < -0.4 is 5.32 Å². The Balaban J connectivity index is 1.94. The van der Waals surface area contributed by atoms with Gasteiger partial charge >= 0.3 is 0 Å². The van der Waals surface area contributed by atoms with Gasteiger partial charge in [-0.1, -0.05) is 6.42 Å². The molecule has 0 aromatic carbocycles. The van der Waals surface area contributed by atoms with E-state index < -0.39 is 0 Å². The lowest BCUT2D eigenvalue weighted by molar-refractivity contribution is 0.606. The maximum atomic E-state index is 3.34. The van der Waals surface area contributed by atoms with E-state index in [0.29, 0.717) is 0 Å². The van der Waals surface area contributed by atoms with E-state index in [4.69, 9.17) is 0 Å². The first-order chi connectivity index (χ1) is 3.93. The van der Waals surface area contributed by atoms with Crippen molar-refractivity contribution in [3.05, 3.63) is 0 Å². The fourth-order valence-electron chi connectivity index (χ4n) is 2.25. The summed E-state index contributed by atoms with van der Waals surface area (Å²) in [7, 11) is 2.09. The summed E-state index contributed by atoms with van der Waals surface area (Å²) in [4.78, 5) is 0. The Hall–Kier alpha value is -0.0400. The van der Waals surface area contributed by atoms with E-state index in [0.717, 1.165) is 17.9 Å². The molecule has 1 N–H and O–H groups in total. The van der Waals surface area contributed by atoms with E-state index in [1.54, 1.807) is 0 Å². The number of rotatable bonds is 1. The fraction of sp³-hybridized carbons (Fsp3) is 1.00. The first-order valence-electron chi connectivity index (χ1n) is 3.61. The third-order valence-electron chi connectivity index (χ3n) is 2.74. The molecular weight excluding hydrogens is 98.1 g/mol. The predicted molar refractivity (Wildman–Crippen MR) is 33.7 cm³/mol. The highest BCUT2D eigenvalue weighted by molar-refractivity contribution is 5.05. The van der Waals surface area contributed by atoms with Crippen molar-refractivity contribution >= 4 is 0 Å². The highest BCUT2D eigenvalue weighted by Crippen LogP contribution is 2.51. The van der Waals surface area contributed by atoms with Crippen LogP contribution in [0.5, 0.6) is 0 Å². The summed E-state index contributed by atoms with van der Waals surface area (Å²) in [5, 5.41) is 3.34. The molecule has 0 heterocycles. The number of hydrogen-bond acceptors (Lipinski definition) is 1. The van der Waals surface area contributed by atoms with E-state index in [1.165, 1.54) is 19.3 Å². The molecule has 2 atom stereocenters. The van der Waals surface area contributed by atoms with E-state index in [2.05, 4.69) is 12.4 Å². The summed E-state index contributed by atoms with van der Waals surface area (Å²) >= 11 is 0. The Labute approximate surface area is 50.5 Å². The van der Waals surface area contributed by atoms with E-state index in [1.807, 2.05) is 0 Å². The Morgan fingerprint density at radius 1 is 1.25 bits per heavy atom. The zero-order chi connectivity index (χ0) is 5.56. The molecule has 0 aliphatic heterocycles. The zero-order valence-electron chi connectivity index (χ0n) is 5.35. The first kappa shape index (κ1) is 4.80. The van der Waals surface area contributed by atoms with Crippen LogP contribution in [-0.4, -0.2) is 13.1 Å². The minimum atomic E-state index is 0.920. The topological polar surface area (TPSA) is 12.0 Å². The molecule has 2 saturated carbocycles.